The number of hydrogen-bond acceptors (Lipinski definition) is 6. The Morgan fingerprint density at radius 1 is 0.880 bits per heavy atom. The molecule has 0 amide bonds. The van der Waals surface area contributed by atoms with E-state index in [0.29, 0.717) is 6.07 Å². The number of nitrogens with two attached hydrogens (primary N) is 1. The third-order valence-electron chi connectivity index (χ3n) is 2.53. The molecule has 3 N–H and O–H groups in total. The summed E-state index contributed by atoms with van der Waals surface area (Å²) < 4.78 is 37.1. The third-order valence-corrected chi connectivity index (χ3v) is 2.53. The van der Waals surface area contributed by atoms with Crippen molar-refractivity contribution >= 4 is 17.1 Å². The monoisotopic (exact) mass is 360 g/mol. The van der Waals surface area contributed by atoms with Crippen LogP contribution in [0.5, 0.6) is 0 Å². The van der Waals surface area contributed by atoms with Gasteiger partial charge in [-0.05, 0) is 19.2 Å². The van der Waals surface area contributed by atoms with Crippen LogP contribution in [0, 0.1) is 37.7 Å². The Hall–Kier alpha value is -3.21. The van der Waals surface area contributed by atoms with Gasteiger partial charge in [0.25, 0.3) is 5.69 Å². The zero-order chi connectivity index (χ0) is 19.6. The molecule has 0 spiro atoms. The lowest BCUT2D eigenvalue weighted by molar-refractivity contribution is -0.387. The smallest absolute Gasteiger partial charge is 0.304 e. The first-order valence-corrected chi connectivity index (χ1v) is 6.55. The van der Waals surface area contributed by atoms with Crippen LogP contribution in [-0.4, -0.2) is 23.9 Å². The molecule has 0 aliphatic heterocycles. The number of benzene rings is 2. The highest BCUT2D eigenvalue weighted by atomic mass is 19.1. The minimum atomic E-state index is -1.16. The van der Waals surface area contributed by atoms with Gasteiger partial charge < -0.3 is 11.1 Å². The lowest BCUT2D eigenvalue weighted by Gasteiger charge is -2.00. The van der Waals surface area contributed by atoms with Gasteiger partial charge in [0.05, 0.1) is 9.85 Å². The Morgan fingerprint density at radius 3 is 1.72 bits per heavy atom. The van der Waals surface area contributed by atoms with Crippen LogP contribution < -0.4 is 11.1 Å². The quantitative estimate of drug-likeness (QED) is 0.640. The predicted molar refractivity (Wildman–Crippen MR) is 85.7 cm³/mol. The molecule has 0 aliphatic carbocycles. The summed E-state index contributed by atoms with van der Waals surface area (Å²) in [5.41, 5.74) is 3.84. The summed E-state index contributed by atoms with van der Waals surface area (Å²) in [7, 11) is 3.00. The normalized spacial score (nSPS) is 9.04. The molecule has 0 fully saturated rings. The van der Waals surface area contributed by atoms with Crippen molar-refractivity contribution in [1.29, 1.82) is 0 Å². The van der Waals surface area contributed by atoms with Crippen LogP contribution in [-0.2, 0) is 0 Å². The lowest BCUT2D eigenvalue weighted by atomic mass is 10.2. The van der Waals surface area contributed by atoms with E-state index in [4.69, 9.17) is 0 Å². The molecule has 136 valence electrons. The zero-order valence-electron chi connectivity index (χ0n) is 13.2. The number of nitrogens with zero attached hydrogens (tertiary/aromatic N) is 2. The van der Waals surface area contributed by atoms with E-state index < -0.39 is 33.0 Å². The predicted octanol–water partition coefficient (Wildman–Crippen LogP) is 3.22. The number of anilines is 1. The summed E-state index contributed by atoms with van der Waals surface area (Å²) in [6.45, 7) is 0. The first-order chi connectivity index (χ1) is 11.8. The van der Waals surface area contributed by atoms with Crippen molar-refractivity contribution in [2.24, 2.45) is 5.73 Å². The average molecular weight is 360 g/mol. The van der Waals surface area contributed by atoms with Gasteiger partial charge >= 0.3 is 5.69 Å². The topological polar surface area (TPSA) is 124 Å². The second kappa shape index (κ2) is 10.5. The van der Waals surface area contributed by atoms with E-state index in [-0.39, 0.29) is 11.4 Å². The first kappa shape index (κ1) is 21.8. The third kappa shape index (κ3) is 6.83. The molecule has 2 aromatic rings. The van der Waals surface area contributed by atoms with Crippen LogP contribution in [0.1, 0.15) is 0 Å². The van der Waals surface area contributed by atoms with Crippen molar-refractivity contribution in [2.75, 3.05) is 19.4 Å². The van der Waals surface area contributed by atoms with Crippen molar-refractivity contribution in [3.8, 4) is 0 Å². The fourth-order valence-electron chi connectivity index (χ4n) is 1.50. The molecule has 0 radical (unpaired) electrons. The van der Waals surface area contributed by atoms with Crippen molar-refractivity contribution < 1.29 is 23.0 Å². The van der Waals surface area contributed by atoms with E-state index >= 15 is 0 Å². The minimum absolute atomic E-state index is 0.126. The van der Waals surface area contributed by atoms with Gasteiger partial charge in [-0.25, -0.2) is 8.78 Å². The van der Waals surface area contributed by atoms with Crippen LogP contribution in [0.3, 0.4) is 0 Å². The molecule has 2 rings (SSSR count). The molecule has 8 nitrogen and oxygen atoms in total. The summed E-state index contributed by atoms with van der Waals surface area (Å²) in [5, 5.41) is 22.8. The minimum Gasteiger partial charge on any atom is -0.382 e. The van der Waals surface area contributed by atoms with Crippen LogP contribution in [0.4, 0.5) is 30.2 Å². The fraction of sp³-hybridized carbons (Fsp3) is 0.143. The van der Waals surface area contributed by atoms with E-state index in [9.17, 15) is 33.4 Å². The number of halogens is 3. The molecule has 25 heavy (non-hydrogen) atoms. The SMILES string of the molecule is CN.CNc1cc(F)ccc1[N+](=O)[O-].O=[N+]([O-])c1ccc(F)cc1F. The maximum atomic E-state index is 12.5. The van der Waals surface area contributed by atoms with Crippen molar-refractivity contribution in [3.05, 3.63) is 74.1 Å². The highest BCUT2D eigenvalue weighted by Crippen LogP contribution is 2.23. The summed E-state index contributed by atoms with van der Waals surface area (Å²) in [5.74, 6) is -2.48. The Balaban J connectivity index is 0.000000421. The summed E-state index contributed by atoms with van der Waals surface area (Å²) >= 11 is 0. The molecule has 0 unspecified atom stereocenters. The summed E-state index contributed by atoms with van der Waals surface area (Å²) in [6.07, 6.45) is 0. The zero-order valence-corrected chi connectivity index (χ0v) is 13.2. The number of nitrogens with one attached hydrogen (secondary N) is 1. The van der Waals surface area contributed by atoms with Gasteiger partial charge in [0.2, 0.25) is 5.82 Å². The van der Waals surface area contributed by atoms with E-state index in [2.05, 4.69) is 11.1 Å². The molecule has 0 heterocycles. The van der Waals surface area contributed by atoms with Gasteiger partial charge in [0.15, 0.2) is 0 Å². The van der Waals surface area contributed by atoms with E-state index in [1.807, 2.05) is 0 Å². The maximum absolute atomic E-state index is 12.5. The van der Waals surface area contributed by atoms with Crippen molar-refractivity contribution in [3.63, 3.8) is 0 Å². The molecular weight excluding hydrogens is 345 g/mol. The first-order valence-electron chi connectivity index (χ1n) is 6.55. The fourth-order valence-corrected chi connectivity index (χ4v) is 1.50. The van der Waals surface area contributed by atoms with E-state index in [0.717, 1.165) is 30.3 Å². The summed E-state index contributed by atoms with van der Waals surface area (Å²) in [4.78, 5) is 18.8. The Labute approximate surface area is 140 Å². The highest BCUT2D eigenvalue weighted by Gasteiger charge is 2.13. The Morgan fingerprint density at radius 2 is 1.32 bits per heavy atom. The Kier molecular flexibility index (Phi) is 9.19. The van der Waals surface area contributed by atoms with Crippen molar-refractivity contribution in [1.82, 2.24) is 0 Å². The van der Waals surface area contributed by atoms with Crippen molar-refractivity contribution in [2.45, 2.75) is 0 Å². The Bertz CT molecular complexity index is 744. The molecule has 2 aromatic carbocycles. The molecule has 0 bridgehead atoms. The molecule has 0 saturated carbocycles. The lowest BCUT2D eigenvalue weighted by Crippen LogP contribution is -1.96. The van der Waals surface area contributed by atoms with Gasteiger partial charge in [-0.3, -0.25) is 20.2 Å². The van der Waals surface area contributed by atoms with Crippen LogP contribution >= 0.6 is 0 Å². The number of hydrogen-bond donors (Lipinski definition) is 2. The average Bonchev–Trinajstić information content (AvgIpc) is 2.56. The van der Waals surface area contributed by atoms with E-state index in [1.165, 1.54) is 14.1 Å². The molecule has 0 atom stereocenters. The molecule has 0 aliphatic rings. The van der Waals surface area contributed by atoms with Crippen LogP contribution in [0.25, 0.3) is 0 Å². The van der Waals surface area contributed by atoms with Gasteiger partial charge in [-0.15, -0.1) is 0 Å². The second-order valence-electron chi connectivity index (χ2n) is 4.02. The molecule has 11 heteroatoms. The van der Waals surface area contributed by atoms with Gasteiger partial charge in [0.1, 0.15) is 17.3 Å². The number of rotatable bonds is 3. The molecule has 0 aromatic heterocycles. The largest absolute Gasteiger partial charge is 0.382 e. The molecular formula is C14H15F3N4O4. The van der Waals surface area contributed by atoms with Crippen LogP contribution in [0.15, 0.2) is 36.4 Å². The molecule has 0 saturated heterocycles. The highest BCUT2D eigenvalue weighted by molar-refractivity contribution is 5.60. The standard InChI is InChI=1S/C7H7FN2O2.C6H3F2NO2.CH5N/c1-9-6-4-5(8)2-3-7(6)10(11)12;7-4-1-2-6(9(10)11)5(8)3-4;1-2/h2-4,9H,1H3;1-3H;2H2,1H3. The number of nitro benzene ring substituents is 2. The van der Waals surface area contributed by atoms with Gasteiger partial charge in [-0.2, -0.15) is 4.39 Å². The van der Waals surface area contributed by atoms with Gasteiger partial charge in [-0.1, -0.05) is 0 Å². The van der Waals surface area contributed by atoms with Crippen LogP contribution in [0.2, 0.25) is 0 Å². The number of nitro groups is 2. The van der Waals surface area contributed by atoms with Gasteiger partial charge in [0, 0.05) is 31.3 Å². The maximum Gasteiger partial charge on any atom is 0.304 e. The van der Waals surface area contributed by atoms with E-state index in [1.54, 1.807) is 0 Å². The summed E-state index contributed by atoms with van der Waals surface area (Å²) in [6, 6.07) is 5.35. The second-order valence-corrected chi connectivity index (χ2v) is 4.02.